The Morgan fingerprint density at radius 2 is 1.75 bits per heavy atom. The van der Waals surface area contributed by atoms with E-state index >= 15 is 0 Å². The number of nitrogens with one attached hydrogen (secondary N) is 1. The van der Waals surface area contributed by atoms with Crippen molar-refractivity contribution in [3.63, 3.8) is 0 Å². The first-order valence-corrected chi connectivity index (χ1v) is 12.1. The molecule has 0 saturated carbocycles. The highest BCUT2D eigenvalue weighted by molar-refractivity contribution is 7.98. The number of aryl methyl sites for hydroxylation is 2. The van der Waals surface area contributed by atoms with E-state index in [0.29, 0.717) is 6.54 Å². The van der Waals surface area contributed by atoms with E-state index < -0.39 is 10.0 Å². The first-order chi connectivity index (χ1) is 13.2. The second-order valence-electron chi connectivity index (χ2n) is 6.91. The van der Waals surface area contributed by atoms with Crippen molar-refractivity contribution in [3.8, 4) is 0 Å². The summed E-state index contributed by atoms with van der Waals surface area (Å²) in [4.78, 5) is 12.2. The van der Waals surface area contributed by atoms with Crippen molar-refractivity contribution >= 4 is 27.7 Å². The van der Waals surface area contributed by atoms with E-state index in [1.54, 1.807) is 11.8 Å². The Hall–Kier alpha value is -1.83. The highest BCUT2D eigenvalue weighted by Gasteiger charge is 2.20. The van der Waals surface area contributed by atoms with Crippen LogP contribution in [0.4, 0.5) is 0 Å². The van der Waals surface area contributed by atoms with E-state index in [0.717, 1.165) is 28.9 Å². The summed E-state index contributed by atoms with van der Waals surface area (Å²) in [6.07, 6.45) is 1.13. The van der Waals surface area contributed by atoms with Crippen LogP contribution in [0.15, 0.2) is 48.5 Å². The topological polar surface area (TPSA) is 66.5 Å². The van der Waals surface area contributed by atoms with Crippen LogP contribution in [-0.4, -0.2) is 43.7 Å². The van der Waals surface area contributed by atoms with Gasteiger partial charge in [0.05, 0.1) is 12.8 Å². The molecule has 0 aromatic heterocycles. The predicted molar refractivity (Wildman–Crippen MR) is 117 cm³/mol. The van der Waals surface area contributed by atoms with Crippen LogP contribution in [0, 0.1) is 13.8 Å². The number of rotatable bonds is 10. The number of thioether (sulfide) groups is 1. The molecule has 0 heterocycles. The van der Waals surface area contributed by atoms with Crippen LogP contribution in [0.2, 0.25) is 0 Å². The molecule has 2 rings (SSSR count). The quantitative estimate of drug-likeness (QED) is 0.600. The molecule has 0 aliphatic carbocycles. The molecule has 1 amide bonds. The molecular formula is C21H28N2O3S2. The molecule has 0 aliphatic rings. The predicted octanol–water partition coefficient (Wildman–Crippen LogP) is 3.11. The lowest BCUT2D eigenvalue weighted by Gasteiger charge is -2.19. The van der Waals surface area contributed by atoms with Gasteiger partial charge in [0.2, 0.25) is 15.9 Å². The van der Waals surface area contributed by atoms with Crippen LogP contribution in [-0.2, 0) is 27.1 Å². The molecule has 0 saturated heterocycles. The number of nitrogens with zero attached hydrogens (tertiary/aromatic N) is 1. The second-order valence-corrected chi connectivity index (χ2v) is 10.00. The zero-order valence-corrected chi connectivity index (χ0v) is 18.3. The van der Waals surface area contributed by atoms with Crippen molar-refractivity contribution in [1.82, 2.24) is 9.62 Å². The van der Waals surface area contributed by atoms with Gasteiger partial charge < -0.3 is 5.32 Å². The molecule has 28 heavy (non-hydrogen) atoms. The smallest absolute Gasteiger partial charge is 0.235 e. The SMILES string of the molecule is Cc1ccc(CN(CC(=O)NCCSCc2cccc(C)c2)S(C)(=O)=O)cc1. The van der Waals surface area contributed by atoms with Crippen LogP contribution in [0.1, 0.15) is 22.3 Å². The van der Waals surface area contributed by atoms with Gasteiger partial charge in [-0.05, 0) is 25.0 Å². The van der Waals surface area contributed by atoms with Gasteiger partial charge in [0, 0.05) is 24.6 Å². The molecule has 0 unspecified atom stereocenters. The van der Waals surface area contributed by atoms with E-state index in [1.807, 2.05) is 37.3 Å². The third-order valence-corrected chi connectivity index (χ3v) is 6.41. The summed E-state index contributed by atoms with van der Waals surface area (Å²) < 4.78 is 25.3. The van der Waals surface area contributed by atoms with Crippen molar-refractivity contribution in [3.05, 3.63) is 70.8 Å². The minimum Gasteiger partial charge on any atom is -0.354 e. The third-order valence-electron chi connectivity index (χ3n) is 4.19. The highest BCUT2D eigenvalue weighted by atomic mass is 32.2. The first kappa shape index (κ1) is 22.5. The fourth-order valence-electron chi connectivity index (χ4n) is 2.66. The molecule has 152 valence electrons. The second kappa shape index (κ2) is 10.6. The number of sulfonamides is 1. The van der Waals surface area contributed by atoms with Crippen molar-refractivity contribution in [1.29, 1.82) is 0 Å². The number of carbonyl (C=O) groups excluding carboxylic acids is 1. The van der Waals surface area contributed by atoms with Crippen molar-refractivity contribution < 1.29 is 13.2 Å². The Balaban J connectivity index is 1.77. The Morgan fingerprint density at radius 3 is 2.39 bits per heavy atom. The van der Waals surface area contributed by atoms with E-state index in [-0.39, 0.29) is 19.0 Å². The van der Waals surface area contributed by atoms with E-state index in [2.05, 4.69) is 30.4 Å². The van der Waals surface area contributed by atoms with Gasteiger partial charge in [-0.3, -0.25) is 4.79 Å². The van der Waals surface area contributed by atoms with Crippen molar-refractivity contribution in [2.45, 2.75) is 26.1 Å². The number of amides is 1. The molecule has 0 radical (unpaired) electrons. The number of carbonyl (C=O) groups is 1. The molecule has 0 aliphatic heterocycles. The van der Waals surface area contributed by atoms with Crippen molar-refractivity contribution in [2.24, 2.45) is 0 Å². The fourth-order valence-corrected chi connectivity index (χ4v) is 4.20. The zero-order chi connectivity index (χ0) is 20.6. The summed E-state index contributed by atoms with van der Waals surface area (Å²) in [5.74, 6) is 1.38. The van der Waals surface area contributed by atoms with Crippen LogP contribution in [0.3, 0.4) is 0 Å². The maximum atomic E-state index is 12.2. The number of hydrogen-bond donors (Lipinski definition) is 1. The molecule has 2 aromatic rings. The summed E-state index contributed by atoms with van der Waals surface area (Å²) in [6, 6.07) is 16.0. The number of benzene rings is 2. The minimum absolute atomic E-state index is 0.171. The van der Waals surface area contributed by atoms with Crippen molar-refractivity contribution in [2.75, 3.05) is 25.1 Å². The summed E-state index contributed by atoms with van der Waals surface area (Å²) in [7, 11) is -3.48. The Kier molecular flexibility index (Phi) is 8.54. The average molecular weight is 421 g/mol. The van der Waals surface area contributed by atoms with Gasteiger partial charge in [0.15, 0.2) is 0 Å². The highest BCUT2D eigenvalue weighted by Crippen LogP contribution is 2.13. The zero-order valence-electron chi connectivity index (χ0n) is 16.6. The number of hydrogen-bond acceptors (Lipinski definition) is 4. The Morgan fingerprint density at radius 1 is 1.04 bits per heavy atom. The average Bonchev–Trinajstić information content (AvgIpc) is 2.62. The summed E-state index contributed by atoms with van der Waals surface area (Å²) in [6.45, 7) is 4.57. The molecule has 2 aromatic carbocycles. The van der Waals surface area contributed by atoms with Crippen LogP contribution in [0.25, 0.3) is 0 Å². The van der Waals surface area contributed by atoms with Crippen LogP contribution in [0.5, 0.6) is 0 Å². The lowest BCUT2D eigenvalue weighted by molar-refractivity contribution is -0.121. The van der Waals surface area contributed by atoms with E-state index in [4.69, 9.17) is 0 Å². The molecule has 0 spiro atoms. The summed E-state index contributed by atoms with van der Waals surface area (Å²) in [5.41, 5.74) is 4.46. The Labute approximate surface area is 172 Å². The Bertz CT molecular complexity index is 881. The fraction of sp³-hybridized carbons (Fsp3) is 0.381. The maximum Gasteiger partial charge on any atom is 0.235 e. The molecule has 0 fully saturated rings. The van der Waals surface area contributed by atoms with Gasteiger partial charge in [0.25, 0.3) is 0 Å². The van der Waals surface area contributed by atoms with Gasteiger partial charge in [0.1, 0.15) is 0 Å². The van der Waals surface area contributed by atoms with Gasteiger partial charge in [-0.15, -0.1) is 0 Å². The van der Waals surface area contributed by atoms with Crippen LogP contribution >= 0.6 is 11.8 Å². The molecule has 0 atom stereocenters. The monoisotopic (exact) mass is 420 g/mol. The lowest BCUT2D eigenvalue weighted by Crippen LogP contribution is -2.40. The molecule has 1 N–H and O–H groups in total. The van der Waals surface area contributed by atoms with Gasteiger partial charge in [-0.1, -0.05) is 59.7 Å². The molecule has 5 nitrogen and oxygen atoms in total. The molecule has 0 bridgehead atoms. The first-order valence-electron chi connectivity index (χ1n) is 9.15. The molecular weight excluding hydrogens is 392 g/mol. The molecule has 7 heteroatoms. The summed E-state index contributed by atoms with van der Waals surface area (Å²) >= 11 is 1.74. The largest absolute Gasteiger partial charge is 0.354 e. The van der Waals surface area contributed by atoms with E-state index in [1.165, 1.54) is 15.4 Å². The van der Waals surface area contributed by atoms with Gasteiger partial charge >= 0.3 is 0 Å². The minimum atomic E-state index is -3.48. The lowest BCUT2D eigenvalue weighted by atomic mass is 10.1. The van der Waals surface area contributed by atoms with Gasteiger partial charge in [-0.25, -0.2) is 8.42 Å². The standard InChI is InChI=1S/C21H28N2O3S2/c1-17-7-9-19(10-8-17)14-23(28(3,25)26)15-21(24)22-11-12-27-16-20-6-4-5-18(2)13-20/h4-10,13H,11-12,14-16H2,1-3H3,(H,22,24). The van der Waals surface area contributed by atoms with Crippen LogP contribution < -0.4 is 5.32 Å². The maximum absolute atomic E-state index is 12.2. The summed E-state index contributed by atoms with van der Waals surface area (Å²) in [5, 5.41) is 2.81. The van der Waals surface area contributed by atoms with Gasteiger partial charge in [-0.2, -0.15) is 16.1 Å². The van der Waals surface area contributed by atoms with E-state index in [9.17, 15) is 13.2 Å². The third kappa shape index (κ3) is 8.04. The normalized spacial score (nSPS) is 11.6.